The number of ether oxygens (including phenoxy) is 2. The summed E-state index contributed by atoms with van der Waals surface area (Å²) >= 11 is 0. The number of hydrogen-bond donors (Lipinski definition) is 4. The molecule has 0 atom stereocenters. The molecule has 0 aromatic carbocycles. The van der Waals surface area contributed by atoms with Crippen LogP contribution in [-0.2, 0) is 19.1 Å². The molecular formula is C32H59N5O4. The van der Waals surface area contributed by atoms with Gasteiger partial charge in [0.15, 0.2) is 0 Å². The van der Waals surface area contributed by atoms with Gasteiger partial charge in [0.05, 0.1) is 12.7 Å². The summed E-state index contributed by atoms with van der Waals surface area (Å²) in [7, 11) is 0. The standard InChI is InChI=1S/C32H59N5O4/c1-5-16-37(22-23-6-7-23)17-18-40-28-14-12-27(13-15-28)36-31-34-19-26(20-35-31)24-8-10-25(11-9-24)30(39)33-21-29(38)41-32(2,3)4/h23-28,31,34-36H,5-22H2,1-4H3,(H,33,39). The number of rotatable bonds is 14. The van der Waals surface area contributed by atoms with Crippen LogP contribution in [0.15, 0.2) is 0 Å². The Hall–Kier alpha value is -1.26. The Morgan fingerprint density at radius 1 is 0.878 bits per heavy atom. The lowest BCUT2D eigenvalue weighted by atomic mass is 9.75. The fourth-order valence-electron chi connectivity index (χ4n) is 6.92. The first-order valence-electron chi connectivity index (χ1n) is 16.7. The van der Waals surface area contributed by atoms with Gasteiger partial charge in [0, 0.05) is 38.1 Å². The maximum atomic E-state index is 12.6. The molecule has 1 aliphatic heterocycles. The highest BCUT2D eigenvalue weighted by atomic mass is 16.6. The van der Waals surface area contributed by atoms with Crippen LogP contribution in [0.25, 0.3) is 0 Å². The molecule has 41 heavy (non-hydrogen) atoms. The molecule has 236 valence electrons. The molecule has 9 nitrogen and oxygen atoms in total. The van der Waals surface area contributed by atoms with E-state index < -0.39 is 5.60 Å². The Kier molecular flexibility index (Phi) is 12.7. The van der Waals surface area contributed by atoms with E-state index >= 15 is 0 Å². The minimum atomic E-state index is -0.532. The Labute approximate surface area is 249 Å². The first kappa shape index (κ1) is 32.6. The molecule has 3 saturated carbocycles. The van der Waals surface area contributed by atoms with Gasteiger partial charge in [-0.3, -0.25) is 25.5 Å². The molecule has 3 aliphatic carbocycles. The van der Waals surface area contributed by atoms with Crippen molar-refractivity contribution in [1.29, 1.82) is 0 Å². The lowest BCUT2D eigenvalue weighted by Crippen LogP contribution is -2.63. The van der Waals surface area contributed by atoms with Crippen LogP contribution < -0.4 is 21.3 Å². The van der Waals surface area contributed by atoms with Crippen molar-refractivity contribution >= 4 is 11.9 Å². The predicted octanol–water partition coefficient (Wildman–Crippen LogP) is 3.38. The summed E-state index contributed by atoms with van der Waals surface area (Å²) in [4.78, 5) is 27.1. The summed E-state index contributed by atoms with van der Waals surface area (Å²) < 4.78 is 11.6. The zero-order valence-electron chi connectivity index (χ0n) is 26.3. The predicted molar refractivity (Wildman–Crippen MR) is 162 cm³/mol. The minimum absolute atomic E-state index is 0.00438. The summed E-state index contributed by atoms with van der Waals surface area (Å²) in [6.45, 7) is 14.2. The first-order chi connectivity index (χ1) is 19.7. The van der Waals surface area contributed by atoms with E-state index in [1.807, 2.05) is 20.8 Å². The van der Waals surface area contributed by atoms with Gasteiger partial charge >= 0.3 is 5.97 Å². The lowest BCUT2D eigenvalue weighted by molar-refractivity contribution is -0.154. The van der Waals surface area contributed by atoms with Gasteiger partial charge in [-0.2, -0.15) is 0 Å². The van der Waals surface area contributed by atoms with Gasteiger partial charge in [-0.1, -0.05) is 6.92 Å². The third-order valence-corrected chi connectivity index (χ3v) is 9.40. The number of hydrogen-bond acceptors (Lipinski definition) is 8. The lowest BCUT2D eigenvalue weighted by Gasteiger charge is -2.40. The maximum absolute atomic E-state index is 12.6. The van der Waals surface area contributed by atoms with Crippen molar-refractivity contribution in [3.8, 4) is 0 Å². The van der Waals surface area contributed by atoms with Crippen molar-refractivity contribution in [3.63, 3.8) is 0 Å². The average molecular weight is 578 g/mol. The quantitative estimate of drug-likeness (QED) is 0.233. The van der Waals surface area contributed by atoms with E-state index in [1.54, 1.807) is 0 Å². The van der Waals surface area contributed by atoms with Gasteiger partial charge in [0.2, 0.25) is 5.91 Å². The summed E-state index contributed by atoms with van der Waals surface area (Å²) in [5, 5.41) is 14.0. The smallest absolute Gasteiger partial charge is 0.325 e. The second kappa shape index (κ2) is 16.0. The molecule has 4 rings (SSSR count). The third kappa shape index (κ3) is 11.7. The largest absolute Gasteiger partial charge is 0.459 e. The fourth-order valence-corrected chi connectivity index (χ4v) is 6.92. The average Bonchev–Trinajstić information content (AvgIpc) is 3.76. The number of carbonyl (C=O) groups excluding carboxylic acids is 2. The van der Waals surface area contributed by atoms with Crippen LogP contribution in [0.2, 0.25) is 0 Å². The van der Waals surface area contributed by atoms with Crippen molar-refractivity contribution < 1.29 is 19.1 Å². The first-order valence-corrected chi connectivity index (χ1v) is 16.7. The zero-order chi connectivity index (χ0) is 29.2. The zero-order valence-corrected chi connectivity index (χ0v) is 26.3. The molecule has 4 aliphatic rings. The van der Waals surface area contributed by atoms with Crippen LogP contribution in [0.5, 0.6) is 0 Å². The van der Waals surface area contributed by atoms with E-state index in [0.717, 1.165) is 70.7 Å². The second-order valence-electron chi connectivity index (χ2n) is 14.2. The van der Waals surface area contributed by atoms with E-state index in [9.17, 15) is 9.59 Å². The Balaban J connectivity index is 1.04. The summed E-state index contributed by atoms with van der Waals surface area (Å²) in [5.41, 5.74) is -0.532. The van der Waals surface area contributed by atoms with Crippen LogP contribution in [-0.4, -0.2) is 86.7 Å². The van der Waals surface area contributed by atoms with E-state index in [2.05, 4.69) is 33.1 Å². The van der Waals surface area contributed by atoms with Crippen LogP contribution in [0.3, 0.4) is 0 Å². The molecule has 0 spiro atoms. The molecule has 4 N–H and O–H groups in total. The van der Waals surface area contributed by atoms with Gasteiger partial charge in [-0.15, -0.1) is 0 Å². The Bertz CT molecular complexity index is 792. The highest BCUT2D eigenvalue weighted by Crippen LogP contribution is 2.34. The van der Waals surface area contributed by atoms with E-state index in [1.165, 1.54) is 45.2 Å². The van der Waals surface area contributed by atoms with Gasteiger partial charge in [0.1, 0.15) is 18.4 Å². The van der Waals surface area contributed by atoms with Crippen molar-refractivity contribution in [3.05, 3.63) is 0 Å². The van der Waals surface area contributed by atoms with Gasteiger partial charge in [-0.25, -0.2) is 0 Å². The number of amides is 1. The number of nitrogens with zero attached hydrogens (tertiary/aromatic N) is 1. The highest BCUT2D eigenvalue weighted by molar-refractivity contribution is 5.83. The van der Waals surface area contributed by atoms with E-state index in [0.29, 0.717) is 24.0 Å². The molecular weight excluding hydrogens is 518 g/mol. The molecule has 1 heterocycles. The van der Waals surface area contributed by atoms with Gasteiger partial charge in [0.25, 0.3) is 0 Å². The Morgan fingerprint density at radius 2 is 1.56 bits per heavy atom. The number of nitrogens with one attached hydrogen (secondary N) is 4. The molecule has 4 fully saturated rings. The molecule has 0 aromatic rings. The fraction of sp³-hybridized carbons (Fsp3) is 0.938. The monoisotopic (exact) mass is 577 g/mol. The third-order valence-electron chi connectivity index (χ3n) is 9.40. The molecule has 0 radical (unpaired) electrons. The topological polar surface area (TPSA) is 104 Å². The summed E-state index contributed by atoms with van der Waals surface area (Å²) in [6, 6.07) is 0.539. The molecule has 1 saturated heterocycles. The summed E-state index contributed by atoms with van der Waals surface area (Å²) in [6.07, 6.45) is 13.2. The SMILES string of the molecule is CCCN(CCOC1CCC(NC2NCC(C3CCC(C(=O)NCC(=O)OC(C)(C)C)CC3)CN2)CC1)CC1CC1. The van der Waals surface area contributed by atoms with E-state index in [-0.39, 0.29) is 30.6 Å². The minimum Gasteiger partial charge on any atom is -0.459 e. The molecule has 9 heteroatoms. The highest BCUT2D eigenvalue weighted by Gasteiger charge is 2.34. The second-order valence-corrected chi connectivity index (χ2v) is 14.2. The molecule has 0 aromatic heterocycles. The molecule has 0 unspecified atom stereocenters. The maximum Gasteiger partial charge on any atom is 0.325 e. The van der Waals surface area contributed by atoms with Crippen LogP contribution in [0.4, 0.5) is 0 Å². The number of esters is 1. The number of carbonyl (C=O) groups is 2. The van der Waals surface area contributed by atoms with E-state index in [4.69, 9.17) is 9.47 Å². The Morgan fingerprint density at radius 3 is 2.17 bits per heavy atom. The van der Waals surface area contributed by atoms with Gasteiger partial charge in [-0.05, 0) is 116 Å². The van der Waals surface area contributed by atoms with Crippen molar-refractivity contribution in [2.24, 2.45) is 23.7 Å². The van der Waals surface area contributed by atoms with Crippen LogP contribution in [0.1, 0.15) is 98.3 Å². The van der Waals surface area contributed by atoms with Crippen molar-refractivity contribution in [1.82, 2.24) is 26.2 Å². The van der Waals surface area contributed by atoms with Crippen LogP contribution >= 0.6 is 0 Å². The molecule has 0 bridgehead atoms. The van der Waals surface area contributed by atoms with Crippen molar-refractivity contribution in [2.75, 3.05) is 45.9 Å². The normalized spacial score (nSPS) is 31.1. The van der Waals surface area contributed by atoms with Crippen LogP contribution in [0, 0.1) is 23.7 Å². The molecule has 1 amide bonds. The van der Waals surface area contributed by atoms with Crippen molar-refractivity contribution in [2.45, 2.75) is 122 Å². The summed E-state index contributed by atoms with van der Waals surface area (Å²) in [5.74, 6) is 1.80. The van der Waals surface area contributed by atoms with Gasteiger partial charge < -0.3 is 19.7 Å².